The molecule has 1 atom stereocenters. The standard InChI is InChI=1S/C13H11N3O3/c17-7-8-2-1-5-16-6-10(14-12(8)16)9-3-4-11(18)15-13(9)19/h1-2,5-7,9H,3-4H2,(H,15,18,19). The van der Waals surface area contributed by atoms with Crippen LogP contribution in [0.15, 0.2) is 24.5 Å². The zero-order chi connectivity index (χ0) is 13.4. The molecule has 2 aromatic rings. The first-order valence-corrected chi connectivity index (χ1v) is 5.95. The first-order chi connectivity index (χ1) is 9.19. The van der Waals surface area contributed by atoms with Gasteiger partial charge in [0.1, 0.15) is 5.65 Å². The Morgan fingerprint density at radius 3 is 3.00 bits per heavy atom. The molecule has 1 unspecified atom stereocenters. The number of carbonyl (C=O) groups excluding carboxylic acids is 3. The van der Waals surface area contributed by atoms with E-state index in [1.54, 1.807) is 28.9 Å². The van der Waals surface area contributed by atoms with Crippen molar-refractivity contribution in [3.8, 4) is 0 Å². The molecule has 2 aromatic heterocycles. The van der Waals surface area contributed by atoms with Gasteiger partial charge in [-0.15, -0.1) is 0 Å². The average Bonchev–Trinajstić information content (AvgIpc) is 2.81. The van der Waals surface area contributed by atoms with Crippen molar-refractivity contribution in [1.82, 2.24) is 14.7 Å². The number of piperidine rings is 1. The molecule has 1 saturated heterocycles. The average molecular weight is 257 g/mol. The fourth-order valence-corrected chi connectivity index (χ4v) is 2.29. The zero-order valence-electron chi connectivity index (χ0n) is 10.00. The molecular weight excluding hydrogens is 246 g/mol. The second kappa shape index (κ2) is 4.31. The van der Waals surface area contributed by atoms with Crippen LogP contribution in [0.1, 0.15) is 34.8 Å². The van der Waals surface area contributed by atoms with Crippen LogP contribution in [0.3, 0.4) is 0 Å². The van der Waals surface area contributed by atoms with E-state index in [9.17, 15) is 14.4 Å². The number of nitrogens with one attached hydrogen (secondary N) is 1. The van der Waals surface area contributed by atoms with Gasteiger partial charge in [-0.25, -0.2) is 4.98 Å². The van der Waals surface area contributed by atoms with Crippen LogP contribution in [0.4, 0.5) is 0 Å². The topological polar surface area (TPSA) is 80.5 Å². The van der Waals surface area contributed by atoms with E-state index in [1.165, 1.54) is 0 Å². The van der Waals surface area contributed by atoms with Gasteiger partial charge in [-0.3, -0.25) is 19.7 Å². The number of fused-ring (bicyclic) bond motifs is 1. The van der Waals surface area contributed by atoms with Crippen LogP contribution in [-0.4, -0.2) is 27.5 Å². The summed E-state index contributed by atoms with van der Waals surface area (Å²) in [5.74, 6) is -1.01. The molecule has 0 aliphatic carbocycles. The molecule has 1 aliphatic heterocycles. The summed E-state index contributed by atoms with van der Waals surface area (Å²) in [6.07, 6.45) is 4.99. The lowest BCUT2D eigenvalue weighted by atomic mass is 9.95. The van der Waals surface area contributed by atoms with Gasteiger partial charge in [-0.1, -0.05) is 0 Å². The Bertz CT molecular complexity index is 689. The molecule has 0 aromatic carbocycles. The van der Waals surface area contributed by atoms with Crippen molar-refractivity contribution in [3.63, 3.8) is 0 Å². The van der Waals surface area contributed by atoms with Crippen molar-refractivity contribution < 1.29 is 14.4 Å². The number of amides is 2. The largest absolute Gasteiger partial charge is 0.306 e. The van der Waals surface area contributed by atoms with Crippen molar-refractivity contribution in [2.24, 2.45) is 0 Å². The maximum Gasteiger partial charge on any atom is 0.235 e. The normalized spacial score (nSPS) is 19.5. The van der Waals surface area contributed by atoms with Gasteiger partial charge in [-0.2, -0.15) is 0 Å². The predicted molar refractivity (Wildman–Crippen MR) is 65.7 cm³/mol. The summed E-state index contributed by atoms with van der Waals surface area (Å²) >= 11 is 0. The maximum absolute atomic E-state index is 11.8. The Morgan fingerprint density at radius 1 is 1.42 bits per heavy atom. The molecule has 1 aliphatic rings. The monoisotopic (exact) mass is 257 g/mol. The third-order valence-electron chi connectivity index (χ3n) is 3.25. The van der Waals surface area contributed by atoms with E-state index < -0.39 is 5.92 Å². The second-order valence-electron chi connectivity index (χ2n) is 4.48. The Balaban J connectivity index is 2.04. The number of pyridine rings is 1. The van der Waals surface area contributed by atoms with E-state index in [0.717, 1.165) is 6.29 Å². The molecule has 19 heavy (non-hydrogen) atoms. The zero-order valence-corrected chi connectivity index (χ0v) is 10.00. The molecule has 3 rings (SSSR count). The molecule has 0 radical (unpaired) electrons. The third-order valence-corrected chi connectivity index (χ3v) is 3.25. The van der Waals surface area contributed by atoms with Crippen LogP contribution in [-0.2, 0) is 9.59 Å². The van der Waals surface area contributed by atoms with Gasteiger partial charge < -0.3 is 4.40 Å². The Kier molecular flexibility index (Phi) is 2.63. The Hall–Kier alpha value is -2.50. The van der Waals surface area contributed by atoms with Crippen LogP contribution in [0.5, 0.6) is 0 Å². The van der Waals surface area contributed by atoms with Gasteiger partial charge in [0.05, 0.1) is 17.2 Å². The highest BCUT2D eigenvalue weighted by Crippen LogP contribution is 2.24. The van der Waals surface area contributed by atoms with Crippen molar-refractivity contribution in [1.29, 1.82) is 0 Å². The summed E-state index contributed by atoms with van der Waals surface area (Å²) in [5.41, 5.74) is 1.58. The number of hydrogen-bond acceptors (Lipinski definition) is 4. The summed E-state index contributed by atoms with van der Waals surface area (Å²) in [6, 6.07) is 3.41. The van der Waals surface area contributed by atoms with Gasteiger partial charge in [0.15, 0.2) is 6.29 Å². The molecule has 6 heteroatoms. The fourth-order valence-electron chi connectivity index (χ4n) is 2.29. The summed E-state index contributed by atoms with van der Waals surface area (Å²) in [6.45, 7) is 0. The first kappa shape index (κ1) is 11.6. The molecule has 0 bridgehead atoms. The van der Waals surface area contributed by atoms with E-state index in [0.29, 0.717) is 29.7 Å². The van der Waals surface area contributed by atoms with E-state index in [4.69, 9.17) is 0 Å². The minimum Gasteiger partial charge on any atom is -0.306 e. The number of hydrogen-bond donors (Lipinski definition) is 1. The Labute approximate surface area is 108 Å². The summed E-state index contributed by atoms with van der Waals surface area (Å²) in [7, 11) is 0. The number of carbonyl (C=O) groups is 3. The van der Waals surface area contributed by atoms with Crippen molar-refractivity contribution >= 4 is 23.7 Å². The van der Waals surface area contributed by atoms with Gasteiger partial charge >= 0.3 is 0 Å². The van der Waals surface area contributed by atoms with Gasteiger partial charge in [0, 0.05) is 18.8 Å². The van der Waals surface area contributed by atoms with Gasteiger partial charge in [-0.05, 0) is 18.6 Å². The molecule has 2 amide bonds. The molecule has 1 fully saturated rings. The predicted octanol–water partition coefficient (Wildman–Crippen LogP) is 0.667. The molecule has 1 N–H and O–H groups in total. The molecular formula is C13H11N3O3. The molecule has 6 nitrogen and oxygen atoms in total. The summed E-state index contributed by atoms with van der Waals surface area (Å²) in [5, 5.41) is 2.30. The van der Waals surface area contributed by atoms with Crippen LogP contribution in [0.2, 0.25) is 0 Å². The molecule has 0 spiro atoms. The minimum atomic E-state index is -0.433. The van der Waals surface area contributed by atoms with Crippen LogP contribution < -0.4 is 5.32 Å². The third kappa shape index (κ3) is 1.91. The van der Waals surface area contributed by atoms with Gasteiger partial charge in [0.25, 0.3) is 0 Å². The highest BCUT2D eigenvalue weighted by Gasteiger charge is 2.29. The van der Waals surface area contributed by atoms with E-state index in [1.807, 2.05) is 0 Å². The van der Waals surface area contributed by atoms with Crippen LogP contribution in [0, 0.1) is 0 Å². The van der Waals surface area contributed by atoms with Gasteiger partial charge in [0.2, 0.25) is 11.8 Å². The lowest BCUT2D eigenvalue weighted by Crippen LogP contribution is -2.39. The lowest BCUT2D eigenvalue weighted by molar-refractivity contribution is -0.134. The number of imide groups is 1. The smallest absolute Gasteiger partial charge is 0.235 e. The SMILES string of the molecule is O=Cc1cccn2cc(C3CCC(=O)NC3=O)nc12. The van der Waals surface area contributed by atoms with Crippen molar-refractivity contribution in [2.75, 3.05) is 0 Å². The molecule has 0 saturated carbocycles. The molecule has 3 heterocycles. The Morgan fingerprint density at radius 2 is 2.26 bits per heavy atom. The summed E-state index contributed by atoms with van der Waals surface area (Å²) < 4.78 is 1.71. The number of imidazole rings is 1. The minimum absolute atomic E-state index is 0.251. The number of aldehydes is 1. The maximum atomic E-state index is 11.8. The van der Waals surface area contributed by atoms with Crippen molar-refractivity contribution in [2.45, 2.75) is 18.8 Å². The summed E-state index contributed by atoms with van der Waals surface area (Å²) in [4.78, 5) is 38.2. The highest BCUT2D eigenvalue weighted by molar-refractivity contribution is 6.00. The van der Waals surface area contributed by atoms with E-state index >= 15 is 0 Å². The molecule has 96 valence electrons. The first-order valence-electron chi connectivity index (χ1n) is 5.95. The number of nitrogens with zero attached hydrogens (tertiary/aromatic N) is 2. The number of aromatic nitrogens is 2. The van der Waals surface area contributed by atoms with E-state index in [-0.39, 0.29) is 11.8 Å². The fraction of sp³-hybridized carbons (Fsp3) is 0.231. The quantitative estimate of drug-likeness (QED) is 0.633. The lowest BCUT2D eigenvalue weighted by Gasteiger charge is -2.18. The highest BCUT2D eigenvalue weighted by atomic mass is 16.2. The van der Waals surface area contributed by atoms with E-state index in [2.05, 4.69) is 10.3 Å². The van der Waals surface area contributed by atoms with Crippen molar-refractivity contribution in [3.05, 3.63) is 35.8 Å². The second-order valence-corrected chi connectivity index (χ2v) is 4.48. The van der Waals surface area contributed by atoms with Crippen LogP contribution >= 0.6 is 0 Å². The van der Waals surface area contributed by atoms with Crippen LogP contribution in [0.25, 0.3) is 5.65 Å². The number of rotatable bonds is 2.